The van der Waals surface area contributed by atoms with Gasteiger partial charge in [-0.25, -0.2) is 0 Å². The Labute approximate surface area is 92.3 Å². The minimum Gasteiger partial charge on any atom is -0.0887 e. The van der Waals surface area contributed by atoms with Crippen LogP contribution < -0.4 is 0 Å². The predicted molar refractivity (Wildman–Crippen MR) is 66.6 cm³/mol. The van der Waals surface area contributed by atoms with Gasteiger partial charge < -0.3 is 0 Å². The van der Waals surface area contributed by atoms with Crippen LogP contribution in [0.3, 0.4) is 0 Å². The van der Waals surface area contributed by atoms with Gasteiger partial charge in [-0.2, -0.15) is 0 Å². The van der Waals surface area contributed by atoms with E-state index in [0.717, 1.165) is 24.1 Å². The Morgan fingerprint density at radius 1 is 1.14 bits per heavy atom. The lowest BCUT2D eigenvalue weighted by molar-refractivity contribution is 0.874. The molecule has 14 heavy (non-hydrogen) atoms. The lowest BCUT2D eigenvalue weighted by Crippen LogP contribution is -2.10. The molecule has 0 saturated heterocycles. The molecular formula is C13H17S. The summed E-state index contributed by atoms with van der Waals surface area (Å²) in [7, 11) is 0. The molecule has 0 aromatic heterocycles. The molecule has 0 unspecified atom stereocenters. The Kier molecular flexibility index (Phi) is 4.81. The summed E-state index contributed by atoms with van der Waals surface area (Å²) in [6.45, 7) is 4.32. The normalized spacial score (nSPS) is 10.5. The molecule has 0 saturated carbocycles. The maximum absolute atomic E-state index is 5.39. The highest BCUT2D eigenvalue weighted by molar-refractivity contribution is 7.80. The summed E-state index contributed by atoms with van der Waals surface area (Å²) in [5, 5.41) is 0. The quantitative estimate of drug-likeness (QED) is 0.649. The Morgan fingerprint density at radius 3 is 2.29 bits per heavy atom. The molecule has 1 radical (unpaired) electrons. The van der Waals surface area contributed by atoms with Crippen LogP contribution in [0.25, 0.3) is 0 Å². The van der Waals surface area contributed by atoms with E-state index in [4.69, 9.17) is 12.2 Å². The maximum Gasteiger partial charge on any atom is 0.0408 e. The largest absolute Gasteiger partial charge is 0.0887 e. The first kappa shape index (κ1) is 11.4. The zero-order chi connectivity index (χ0) is 10.4. The molecule has 0 amide bonds. The molecule has 0 spiro atoms. The SMILES string of the molecule is CCC[C](C(=S)CC)c1ccccc1. The third-order valence-electron chi connectivity index (χ3n) is 2.28. The summed E-state index contributed by atoms with van der Waals surface area (Å²) < 4.78 is 0. The summed E-state index contributed by atoms with van der Waals surface area (Å²) >= 11 is 5.39. The van der Waals surface area contributed by atoms with Crippen LogP contribution in [-0.2, 0) is 0 Å². The standard InChI is InChI=1S/C13H17S/c1-3-8-12(13(14)4-2)11-9-6-5-7-10-11/h5-7,9-10H,3-4,8H2,1-2H3. The number of thiocarbonyl (C=S) groups is 1. The summed E-state index contributed by atoms with van der Waals surface area (Å²) in [5.41, 5.74) is 1.29. The lowest BCUT2D eigenvalue weighted by atomic mass is 9.90. The molecule has 1 heteroatoms. The van der Waals surface area contributed by atoms with Crippen LogP contribution in [0, 0.1) is 5.92 Å². The monoisotopic (exact) mass is 205 g/mol. The number of benzene rings is 1. The Bertz CT molecular complexity index is 277. The summed E-state index contributed by atoms with van der Waals surface area (Å²) in [6, 6.07) is 10.5. The second kappa shape index (κ2) is 5.92. The maximum atomic E-state index is 5.39. The van der Waals surface area contributed by atoms with Gasteiger partial charge in [-0.05, 0) is 18.4 Å². The summed E-state index contributed by atoms with van der Waals surface area (Å²) in [4.78, 5) is 1.11. The van der Waals surface area contributed by atoms with E-state index in [9.17, 15) is 0 Å². The van der Waals surface area contributed by atoms with Gasteiger partial charge in [0.15, 0.2) is 0 Å². The molecule has 0 fully saturated rings. The van der Waals surface area contributed by atoms with Crippen LogP contribution in [0.4, 0.5) is 0 Å². The minimum absolute atomic E-state index is 0.972. The van der Waals surface area contributed by atoms with Crippen molar-refractivity contribution >= 4 is 17.1 Å². The van der Waals surface area contributed by atoms with Crippen molar-refractivity contribution in [3.63, 3.8) is 0 Å². The smallest absolute Gasteiger partial charge is 0.0408 e. The second-order valence-electron chi connectivity index (χ2n) is 3.37. The van der Waals surface area contributed by atoms with E-state index in [1.807, 2.05) is 6.07 Å². The van der Waals surface area contributed by atoms with Crippen LogP contribution >= 0.6 is 12.2 Å². The molecular weight excluding hydrogens is 188 g/mol. The fraction of sp³-hybridized carbons (Fsp3) is 0.385. The zero-order valence-corrected chi connectivity index (χ0v) is 9.73. The molecule has 1 aromatic carbocycles. The van der Waals surface area contributed by atoms with Crippen molar-refractivity contribution in [3.05, 3.63) is 41.8 Å². The highest BCUT2D eigenvalue weighted by Crippen LogP contribution is 2.23. The van der Waals surface area contributed by atoms with Crippen molar-refractivity contribution in [2.45, 2.75) is 33.1 Å². The van der Waals surface area contributed by atoms with E-state index in [2.05, 4.69) is 38.1 Å². The molecule has 75 valence electrons. The predicted octanol–water partition coefficient (Wildman–Crippen LogP) is 4.19. The van der Waals surface area contributed by atoms with E-state index < -0.39 is 0 Å². The van der Waals surface area contributed by atoms with Gasteiger partial charge in [-0.15, -0.1) is 0 Å². The molecule has 1 rings (SSSR count). The Hall–Kier alpha value is -0.690. The Balaban J connectivity index is 2.83. The van der Waals surface area contributed by atoms with Gasteiger partial charge in [0.1, 0.15) is 0 Å². The van der Waals surface area contributed by atoms with Gasteiger partial charge in [0.05, 0.1) is 0 Å². The molecule has 0 bridgehead atoms. The molecule has 0 heterocycles. The average molecular weight is 205 g/mol. The first-order valence-electron chi connectivity index (χ1n) is 5.24. The second-order valence-corrected chi connectivity index (χ2v) is 3.86. The number of hydrogen-bond donors (Lipinski definition) is 0. The summed E-state index contributed by atoms with van der Waals surface area (Å²) in [5.74, 6) is 1.35. The first-order valence-corrected chi connectivity index (χ1v) is 5.64. The first-order chi connectivity index (χ1) is 6.79. The number of rotatable bonds is 5. The van der Waals surface area contributed by atoms with Crippen molar-refractivity contribution in [3.8, 4) is 0 Å². The van der Waals surface area contributed by atoms with Crippen LogP contribution in [-0.4, -0.2) is 4.86 Å². The zero-order valence-electron chi connectivity index (χ0n) is 8.92. The van der Waals surface area contributed by atoms with Gasteiger partial charge in [-0.1, -0.05) is 62.8 Å². The molecule has 0 aliphatic rings. The van der Waals surface area contributed by atoms with Crippen LogP contribution in [0.2, 0.25) is 0 Å². The van der Waals surface area contributed by atoms with E-state index in [0.29, 0.717) is 0 Å². The van der Waals surface area contributed by atoms with Crippen molar-refractivity contribution in [2.24, 2.45) is 0 Å². The molecule has 0 N–H and O–H groups in total. The van der Waals surface area contributed by atoms with Gasteiger partial charge >= 0.3 is 0 Å². The lowest BCUT2D eigenvalue weighted by Gasteiger charge is -2.15. The Morgan fingerprint density at radius 2 is 1.79 bits per heavy atom. The van der Waals surface area contributed by atoms with E-state index in [-0.39, 0.29) is 0 Å². The highest BCUT2D eigenvalue weighted by atomic mass is 32.1. The fourth-order valence-corrected chi connectivity index (χ4v) is 1.77. The van der Waals surface area contributed by atoms with E-state index in [1.165, 1.54) is 11.5 Å². The molecule has 1 aromatic rings. The van der Waals surface area contributed by atoms with Crippen molar-refractivity contribution in [1.29, 1.82) is 0 Å². The molecule has 0 atom stereocenters. The van der Waals surface area contributed by atoms with Gasteiger partial charge in [0, 0.05) is 10.8 Å². The third kappa shape index (κ3) is 2.91. The van der Waals surface area contributed by atoms with Crippen LogP contribution in [0.1, 0.15) is 38.7 Å². The summed E-state index contributed by atoms with van der Waals surface area (Å²) in [6.07, 6.45) is 3.22. The molecule has 0 aliphatic carbocycles. The van der Waals surface area contributed by atoms with Crippen molar-refractivity contribution in [1.82, 2.24) is 0 Å². The van der Waals surface area contributed by atoms with Gasteiger partial charge in [0.25, 0.3) is 0 Å². The topological polar surface area (TPSA) is 0 Å². The third-order valence-corrected chi connectivity index (χ3v) is 2.82. The molecule has 0 aliphatic heterocycles. The van der Waals surface area contributed by atoms with Gasteiger partial charge in [0.2, 0.25) is 0 Å². The minimum atomic E-state index is 0.972. The number of hydrogen-bond acceptors (Lipinski definition) is 1. The molecule has 0 nitrogen and oxygen atoms in total. The fourth-order valence-electron chi connectivity index (χ4n) is 1.55. The van der Waals surface area contributed by atoms with Crippen LogP contribution in [0.15, 0.2) is 30.3 Å². The van der Waals surface area contributed by atoms with Crippen molar-refractivity contribution in [2.75, 3.05) is 0 Å². The van der Waals surface area contributed by atoms with Crippen molar-refractivity contribution < 1.29 is 0 Å². The van der Waals surface area contributed by atoms with E-state index in [1.54, 1.807) is 0 Å². The van der Waals surface area contributed by atoms with Crippen LogP contribution in [0.5, 0.6) is 0 Å². The van der Waals surface area contributed by atoms with E-state index >= 15 is 0 Å². The average Bonchev–Trinajstić information content (AvgIpc) is 2.26. The van der Waals surface area contributed by atoms with Gasteiger partial charge in [-0.3, -0.25) is 0 Å². The highest BCUT2D eigenvalue weighted by Gasteiger charge is 2.14.